The van der Waals surface area contributed by atoms with E-state index in [1.165, 1.54) is 6.20 Å². The van der Waals surface area contributed by atoms with Crippen molar-refractivity contribution >= 4 is 17.5 Å². The van der Waals surface area contributed by atoms with Gasteiger partial charge in [0.05, 0.1) is 0 Å². The van der Waals surface area contributed by atoms with Crippen molar-refractivity contribution in [3.63, 3.8) is 0 Å². The normalized spacial score (nSPS) is 9.83. The molecule has 0 aliphatic heterocycles. The van der Waals surface area contributed by atoms with Crippen LogP contribution in [0.4, 0.5) is 16.3 Å². The fourth-order valence-electron chi connectivity index (χ4n) is 1.42. The summed E-state index contributed by atoms with van der Waals surface area (Å²) in [6.07, 6.45) is 1.54. The Hall–Kier alpha value is -2.47. The van der Waals surface area contributed by atoms with Gasteiger partial charge in [-0.25, -0.2) is 4.79 Å². The highest BCUT2D eigenvalue weighted by Gasteiger charge is 2.03. The number of hydrogen-bond acceptors (Lipinski definition) is 4. The van der Waals surface area contributed by atoms with Crippen LogP contribution in [0.2, 0.25) is 0 Å². The smallest absolute Gasteiger partial charge is 0.324 e. The Morgan fingerprint density at radius 3 is 2.83 bits per heavy atom. The van der Waals surface area contributed by atoms with Gasteiger partial charge in [-0.2, -0.15) is 5.10 Å². The predicted octanol–water partition coefficient (Wildman–Crippen LogP) is 1.58. The van der Waals surface area contributed by atoms with E-state index in [2.05, 4.69) is 20.8 Å². The first-order valence-electron chi connectivity index (χ1n) is 5.42. The van der Waals surface area contributed by atoms with Gasteiger partial charge >= 0.3 is 6.03 Å². The van der Waals surface area contributed by atoms with Gasteiger partial charge in [0.1, 0.15) is 0 Å². The molecule has 18 heavy (non-hydrogen) atoms. The lowest BCUT2D eigenvalue weighted by Crippen LogP contribution is -2.20. The Balaban J connectivity index is 1.99. The quantitative estimate of drug-likeness (QED) is 0.763. The maximum absolute atomic E-state index is 11.7. The predicted molar refractivity (Wildman–Crippen MR) is 69.0 cm³/mol. The maximum atomic E-state index is 11.7. The molecule has 4 N–H and O–H groups in total. The number of amides is 2. The number of carbonyl (C=O) groups is 1. The third kappa shape index (κ3) is 3.26. The largest absolute Gasteiger partial charge is 0.326 e. The van der Waals surface area contributed by atoms with Gasteiger partial charge in [-0.3, -0.25) is 5.32 Å². The summed E-state index contributed by atoms with van der Waals surface area (Å²) in [4.78, 5) is 11.7. The Labute approximate surface area is 104 Å². The number of aromatic nitrogens is 2. The Kier molecular flexibility index (Phi) is 3.83. The molecule has 92 valence electrons. The lowest BCUT2D eigenvalue weighted by atomic mass is 10.2. The molecule has 0 radical (unpaired) electrons. The number of rotatable bonds is 3. The van der Waals surface area contributed by atoms with Crippen molar-refractivity contribution in [3.8, 4) is 0 Å². The SMILES string of the molecule is NCc1cccc(NC(=O)Nc2cccnn2)c1. The molecule has 0 aliphatic carbocycles. The molecule has 2 amide bonds. The first-order chi connectivity index (χ1) is 8.78. The summed E-state index contributed by atoms with van der Waals surface area (Å²) in [6, 6.07) is 10.3. The van der Waals surface area contributed by atoms with Crippen molar-refractivity contribution in [1.82, 2.24) is 10.2 Å². The van der Waals surface area contributed by atoms with Gasteiger partial charge < -0.3 is 11.1 Å². The molecule has 0 bridgehead atoms. The average molecular weight is 243 g/mol. The average Bonchev–Trinajstić information content (AvgIpc) is 2.40. The van der Waals surface area contributed by atoms with Gasteiger partial charge in [-0.15, -0.1) is 5.10 Å². The number of nitrogens with zero attached hydrogens (tertiary/aromatic N) is 2. The molecule has 0 fully saturated rings. The molecule has 0 aliphatic rings. The molecule has 6 heteroatoms. The van der Waals surface area contributed by atoms with Crippen molar-refractivity contribution in [2.75, 3.05) is 10.6 Å². The lowest BCUT2D eigenvalue weighted by Gasteiger charge is -2.07. The Morgan fingerprint density at radius 2 is 2.11 bits per heavy atom. The first kappa shape index (κ1) is 12.0. The van der Waals surface area contributed by atoms with Crippen LogP contribution in [0, 0.1) is 0 Å². The molecule has 0 saturated carbocycles. The highest BCUT2D eigenvalue weighted by molar-refractivity contribution is 5.99. The molecular weight excluding hydrogens is 230 g/mol. The van der Waals surface area contributed by atoms with Crippen LogP contribution in [-0.4, -0.2) is 16.2 Å². The van der Waals surface area contributed by atoms with Crippen molar-refractivity contribution in [2.45, 2.75) is 6.54 Å². The summed E-state index contributed by atoms with van der Waals surface area (Å²) in [5.41, 5.74) is 7.16. The van der Waals surface area contributed by atoms with Crippen LogP contribution in [-0.2, 0) is 6.54 Å². The topological polar surface area (TPSA) is 92.9 Å². The van der Waals surface area contributed by atoms with E-state index in [4.69, 9.17) is 5.73 Å². The third-order valence-electron chi connectivity index (χ3n) is 2.23. The minimum atomic E-state index is -0.371. The molecule has 0 atom stereocenters. The number of urea groups is 1. The maximum Gasteiger partial charge on any atom is 0.324 e. The zero-order valence-electron chi connectivity index (χ0n) is 9.63. The van der Waals surface area contributed by atoms with Crippen LogP contribution in [0.3, 0.4) is 0 Å². The van der Waals surface area contributed by atoms with E-state index in [9.17, 15) is 4.79 Å². The summed E-state index contributed by atoms with van der Waals surface area (Å²) in [5, 5.41) is 12.7. The van der Waals surface area contributed by atoms with Gasteiger partial charge in [-0.1, -0.05) is 12.1 Å². The van der Waals surface area contributed by atoms with Gasteiger partial charge in [0.2, 0.25) is 0 Å². The molecule has 0 spiro atoms. The van der Waals surface area contributed by atoms with E-state index in [1.807, 2.05) is 18.2 Å². The number of benzene rings is 1. The molecule has 1 aromatic carbocycles. The fourth-order valence-corrected chi connectivity index (χ4v) is 1.42. The molecule has 1 heterocycles. The summed E-state index contributed by atoms with van der Waals surface area (Å²) in [7, 11) is 0. The van der Waals surface area contributed by atoms with Crippen molar-refractivity contribution in [2.24, 2.45) is 5.73 Å². The van der Waals surface area contributed by atoms with Crippen LogP contribution in [0.1, 0.15) is 5.56 Å². The summed E-state index contributed by atoms with van der Waals surface area (Å²) in [5.74, 6) is 0.393. The third-order valence-corrected chi connectivity index (χ3v) is 2.23. The van der Waals surface area contributed by atoms with E-state index in [-0.39, 0.29) is 6.03 Å². The number of nitrogens with two attached hydrogens (primary N) is 1. The summed E-state index contributed by atoms with van der Waals surface area (Å²) < 4.78 is 0. The summed E-state index contributed by atoms with van der Waals surface area (Å²) in [6.45, 7) is 0.432. The van der Waals surface area contributed by atoms with Gasteiger partial charge in [0.15, 0.2) is 5.82 Å². The van der Waals surface area contributed by atoms with E-state index < -0.39 is 0 Å². The fraction of sp³-hybridized carbons (Fsp3) is 0.0833. The summed E-state index contributed by atoms with van der Waals surface area (Å²) >= 11 is 0. The highest BCUT2D eigenvalue weighted by atomic mass is 16.2. The van der Waals surface area contributed by atoms with Crippen molar-refractivity contribution in [1.29, 1.82) is 0 Å². The minimum absolute atomic E-state index is 0.371. The van der Waals surface area contributed by atoms with E-state index in [0.717, 1.165) is 5.56 Å². The Morgan fingerprint density at radius 1 is 1.22 bits per heavy atom. The number of anilines is 2. The molecular formula is C12H13N5O. The van der Waals surface area contributed by atoms with Crippen LogP contribution in [0.25, 0.3) is 0 Å². The van der Waals surface area contributed by atoms with Gasteiger partial charge in [-0.05, 0) is 29.8 Å². The molecule has 0 saturated heterocycles. The minimum Gasteiger partial charge on any atom is -0.326 e. The zero-order chi connectivity index (χ0) is 12.8. The van der Waals surface area contributed by atoms with Crippen LogP contribution >= 0.6 is 0 Å². The standard InChI is InChI=1S/C12H13N5O/c13-8-9-3-1-4-10(7-9)15-12(18)16-11-5-2-6-14-17-11/h1-7H,8,13H2,(H2,15,16,17,18). The molecule has 2 aromatic rings. The van der Waals surface area contributed by atoms with Gasteiger partial charge in [0.25, 0.3) is 0 Å². The zero-order valence-corrected chi connectivity index (χ0v) is 9.63. The van der Waals surface area contributed by atoms with Crippen molar-refractivity contribution in [3.05, 3.63) is 48.2 Å². The first-order valence-corrected chi connectivity index (χ1v) is 5.42. The van der Waals surface area contributed by atoms with Crippen molar-refractivity contribution < 1.29 is 4.79 Å². The molecule has 1 aromatic heterocycles. The Bertz CT molecular complexity index is 529. The second kappa shape index (κ2) is 5.74. The van der Waals surface area contributed by atoms with Crippen LogP contribution in [0.15, 0.2) is 42.6 Å². The highest BCUT2D eigenvalue weighted by Crippen LogP contribution is 2.10. The number of nitrogens with one attached hydrogen (secondary N) is 2. The monoisotopic (exact) mass is 243 g/mol. The van der Waals surface area contributed by atoms with Gasteiger partial charge in [0, 0.05) is 18.4 Å². The number of hydrogen-bond donors (Lipinski definition) is 3. The van der Waals surface area contributed by atoms with Crippen LogP contribution in [0.5, 0.6) is 0 Å². The second-order valence-corrected chi connectivity index (χ2v) is 3.59. The van der Waals surface area contributed by atoms with E-state index in [0.29, 0.717) is 18.1 Å². The van der Waals surface area contributed by atoms with Crippen LogP contribution < -0.4 is 16.4 Å². The molecule has 6 nitrogen and oxygen atoms in total. The van der Waals surface area contributed by atoms with E-state index in [1.54, 1.807) is 18.2 Å². The number of carbonyl (C=O) groups excluding carboxylic acids is 1. The molecule has 0 unspecified atom stereocenters. The molecule has 2 rings (SSSR count). The van der Waals surface area contributed by atoms with E-state index >= 15 is 0 Å². The lowest BCUT2D eigenvalue weighted by molar-refractivity contribution is 0.262. The second-order valence-electron chi connectivity index (χ2n) is 3.59.